The number of nitrogens with zero attached hydrogens (tertiary/aromatic N) is 2. The van der Waals surface area contributed by atoms with Crippen LogP contribution in [0.15, 0.2) is 194 Å². The van der Waals surface area contributed by atoms with Crippen LogP contribution >= 0.6 is 11.3 Å². The van der Waals surface area contributed by atoms with Gasteiger partial charge in [-0.05, 0) is 181 Å². The Balaban J connectivity index is 0.000000126. The summed E-state index contributed by atoms with van der Waals surface area (Å²) in [5.74, 6) is 0. The minimum Gasteiger partial charge on any atom is -0.456 e. The highest BCUT2D eigenvalue weighted by molar-refractivity contribution is 7.26. The van der Waals surface area contributed by atoms with Gasteiger partial charge in [0.15, 0.2) is 0 Å². The van der Waals surface area contributed by atoms with Gasteiger partial charge in [-0.25, -0.2) is 9.97 Å². The lowest BCUT2D eigenvalue weighted by Gasteiger charge is -2.22. The summed E-state index contributed by atoms with van der Waals surface area (Å²) in [5, 5.41) is 12.2. The third kappa shape index (κ3) is 15.4. The Kier molecular flexibility index (Phi) is 20.9. The number of aryl methyl sites for hydroxylation is 9. The molecule has 0 saturated carbocycles. The third-order valence-electron chi connectivity index (χ3n) is 20.0. The zero-order chi connectivity index (χ0) is 75.7. The molecule has 0 aliphatic rings. The summed E-state index contributed by atoms with van der Waals surface area (Å²) >= 11 is 1.93. The molecule has 0 aliphatic heterocycles. The lowest BCUT2D eigenvalue weighted by molar-refractivity contribution is 0.566. The minimum atomic E-state index is 0.0620. The number of aromatic nitrogens is 2. The average Bonchev–Trinajstić information content (AvgIpc) is 1.62. The number of hydrogen-bond acceptors (Lipinski definition) is 7. The fraction of sp³-hybridized carbons (Fsp3) is 0.340. The van der Waals surface area contributed by atoms with Gasteiger partial charge < -0.3 is 17.7 Å². The maximum Gasteiger partial charge on any atom is 0.227 e. The normalized spacial score (nSPS) is 12.4. The highest BCUT2D eigenvalue weighted by atomic mass is 32.1. The molecule has 104 heavy (non-hydrogen) atoms. The van der Waals surface area contributed by atoms with Crippen molar-refractivity contribution in [2.24, 2.45) is 0 Å². The SMILES string of the molecule is Cc1ccc2c(n1)oc1c(C(C)(C)C)c(C)ccc12.Cc1ccc2c(n1)oc1c(C(C)(C)C)c(C)ccc12.Cc1ccc2c(oc3c(C)cccc32)c1C(C)(C)C.Cc1ccc2c(oc3ccccc32)c1C(C)(C)C.Cc1ccc2c(sc3ccccc32)c1C(C)(C)C.Cc1ccccc1C(C)(C)C. The second-order valence-corrected chi connectivity index (χ2v) is 36.1. The smallest absolute Gasteiger partial charge is 0.227 e. The molecule has 0 fully saturated rings. The molecule has 0 radical (unpaired) electrons. The van der Waals surface area contributed by atoms with Crippen molar-refractivity contribution < 1.29 is 17.7 Å². The lowest BCUT2D eigenvalue weighted by atomic mass is 9.83. The van der Waals surface area contributed by atoms with Gasteiger partial charge in [-0.2, -0.15) is 0 Å². The number of hydrogen-bond donors (Lipinski definition) is 0. The topological polar surface area (TPSA) is 78.3 Å². The first-order valence-electron chi connectivity index (χ1n) is 37.0. The molecule has 16 aromatic rings. The molecule has 538 valence electrons. The van der Waals surface area contributed by atoms with Crippen LogP contribution in [0.3, 0.4) is 0 Å². The standard InChI is InChI=1S/C18H20O.2C17H19NO.C17H18O.C17H18S.C11H16/c1-11-9-10-14-13-8-6-7-12(2)16(13)19-17(14)15(11)18(3,4)5;2*1-10-6-8-12-13-9-7-11(2)18-16(13)19-15(12)14(10)17(3,4)5;2*1-11-9-10-13-12-7-5-6-8-14(12)18-16(13)15(11)17(2,3)4;1-9-7-5-6-8-10(9)11(2,3)4/h6-10H,1-5H3;2*6-9H,1-5H3;2*5-10H,1-4H3;5-8H,1-4H3. The molecule has 0 atom stereocenters. The van der Waals surface area contributed by atoms with Crippen LogP contribution in [-0.2, 0) is 32.5 Å². The van der Waals surface area contributed by atoms with Crippen molar-refractivity contribution >= 4 is 120 Å². The molecule has 7 heterocycles. The number of furan rings is 4. The molecule has 6 nitrogen and oxygen atoms in total. The average molecular weight is 1400 g/mol. The van der Waals surface area contributed by atoms with Gasteiger partial charge in [-0.1, -0.05) is 264 Å². The van der Waals surface area contributed by atoms with Crippen LogP contribution < -0.4 is 0 Å². The van der Waals surface area contributed by atoms with Crippen LogP contribution in [0.5, 0.6) is 0 Å². The van der Waals surface area contributed by atoms with Gasteiger partial charge in [-0.3, -0.25) is 0 Å². The number of thiophene rings is 1. The van der Waals surface area contributed by atoms with Crippen molar-refractivity contribution in [1.82, 2.24) is 9.97 Å². The Bertz CT molecular complexity index is 5590. The predicted octanol–water partition coefficient (Wildman–Crippen LogP) is 29.4. The number of pyridine rings is 2. The third-order valence-corrected chi connectivity index (χ3v) is 21.2. The maximum absolute atomic E-state index is 6.22. The summed E-state index contributed by atoms with van der Waals surface area (Å²) < 4.78 is 27.3. The molecule has 7 heteroatoms. The fourth-order valence-corrected chi connectivity index (χ4v) is 17.3. The van der Waals surface area contributed by atoms with E-state index < -0.39 is 0 Å². The van der Waals surface area contributed by atoms with Gasteiger partial charge in [0.1, 0.15) is 33.5 Å². The first kappa shape index (κ1) is 75.8. The van der Waals surface area contributed by atoms with E-state index in [1.54, 1.807) is 0 Å². The van der Waals surface area contributed by atoms with Crippen LogP contribution in [0, 0.1) is 62.3 Å². The van der Waals surface area contributed by atoms with Gasteiger partial charge in [0.25, 0.3) is 0 Å². The van der Waals surface area contributed by atoms with E-state index in [9.17, 15) is 0 Å². The van der Waals surface area contributed by atoms with Gasteiger partial charge in [0.2, 0.25) is 11.4 Å². The van der Waals surface area contributed by atoms with E-state index in [1.807, 2.05) is 49.4 Å². The number of para-hydroxylation sites is 2. The highest BCUT2D eigenvalue weighted by Crippen LogP contribution is 2.45. The van der Waals surface area contributed by atoms with Gasteiger partial charge in [-0.15, -0.1) is 11.3 Å². The zero-order valence-electron chi connectivity index (χ0n) is 67.2. The van der Waals surface area contributed by atoms with Crippen molar-refractivity contribution in [1.29, 1.82) is 0 Å². The Morgan fingerprint density at radius 3 is 1.02 bits per heavy atom. The van der Waals surface area contributed by atoms with Crippen molar-refractivity contribution in [3.05, 3.63) is 260 Å². The number of fused-ring (bicyclic) bond motifs is 15. The molecule has 0 unspecified atom stereocenters. The second kappa shape index (κ2) is 28.6. The maximum atomic E-state index is 6.22. The second-order valence-electron chi connectivity index (χ2n) is 35.1. The van der Waals surface area contributed by atoms with Crippen LogP contribution in [0.25, 0.3) is 108 Å². The Hall–Kier alpha value is -9.30. The number of benzene rings is 9. The summed E-state index contributed by atoms with van der Waals surface area (Å²) in [6, 6.07) is 62.1. The van der Waals surface area contributed by atoms with E-state index in [1.165, 1.54) is 114 Å². The quantitative estimate of drug-likeness (QED) is 0.151. The molecule has 0 spiro atoms. The van der Waals surface area contributed by atoms with Crippen molar-refractivity contribution in [3.8, 4) is 0 Å². The van der Waals surface area contributed by atoms with Crippen molar-refractivity contribution in [3.63, 3.8) is 0 Å². The lowest BCUT2D eigenvalue weighted by Crippen LogP contribution is -2.13. The van der Waals surface area contributed by atoms with Crippen LogP contribution in [0.4, 0.5) is 0 Å². The van der Waals surface area contributed by atoms with Crippen LogP contribution in [0.1, 0.15) is 208 Å². The molecule has 7 aromatic heterocycles. The molecule has 0 saturated heterocycles. The van der Waals surface area contributed by atoms with Crippen LogP contribution in [-0.4, -0.2) is 9.97 Å². The molecule has 9 aromatic carbocycles. The Morgan fingerprint density at radius 2 is 0.577 bits per heavy atom. The first-order chi connectivity index (χ1) is 48.6. The molecule has 16 rings (SSSR count). The predicted molar refractivity (Wildman–Crippen MR) is 451 cm³/mol. The van der Waals surface area contributed by atoms with Gasteiger partial charge in [0.05, 0.1) is 0 Å². The van der Waals surface area contributed by atoms with Crippen molar-refractivity contribution in [2.75, 3.05) is 0 Å². The van der Waals surface area contributed by atoms with E-state index in [-0.39, 0.29) is 32.5 Å². The summed E-state index contributed by atoms with van der Waals surface area (Å²) in [4.78, 5) is 9.00. The van der Waals surface area contributed by atoms with E-state index >= 15 is 0 Å². The monoisotopic (exact) mass is 1400 g/mol. The summed E-state index contributed by atoms with van der Waals surface area (Å²) in [7, 11) is 0. The molecule has 0 bridgehead atoms. The highest BCUT2D eigenvalue weighted by Gasteiger charge is 2.28. The Morgan fingerprint density at radius 1 is 0.240 bits per heavy atom. The number of rotatable bonds is 0. The summed E-state index contributed by atoms with van der Waals surface area (Å²) in [5.41, 5.74) is 27.6. The van der Waals surface area contributed by atoms with E-state index in [2.05, 4.69) is 335 Å². The van der Waals surface area contributed by atoms with E-state index in [4.69, 9.17) is 17.7 Å². The van der Waals surface area contributed by atoms with Crippen LogP contribution in [0.2, 0.25) is 0 Å². The zero-order valence-corrected chi connectivity index (χ0v) is 68.0. The summed E-state index contributed by atoms with van der Waals surface area (Å²) in [6.45, 7) is 59.5. The molecular weight excluding hydrogens is 1290 g/mol. The fourth-order valence-electron chi connectivity index (χ4n) is 15.8. The van der Waals surface area contributed by atoms with E-state index in [0.29, 0.717) is 0 Å². The first-order valence-corrected chi connectivity index (χ1v) is 37.9. The minimum absolute atomic E-state index is 0.0620. The van der Waals surface area contributed by atoms with Gasteiger partial charge >= 0.3 is 0 Å². The summed E-state index contributed by atoms with van der Waals surface area (Å²) in [6.07, 6.45) is 0. The molecule has 0 aliphatic carbocycles. The van der Waals surface area contributed by atoms with Gasteiger partial charge in [0, 0.05) is 96.9 Å². The van der Waals surface area contributed by atoms with Crippen molar-refractivity contribution in [2.45, 2.75) is 219 Å². The Labute approximate surface area is 622 Å². The molecule has 0 amide bonds. The molecular formula is C97H110N2O4S. The van der Waals surface area contributed by atoms with E-state index in [0.717, 1.165) is 77.9 Å². The molecule has 0 N–H and O–H groups in total. The largest absolute Gasteiger partial charge is 0.456 e.